The summed E-state index contributed by atoms with van der Waals surface area (Å²) in [7, 11) is 0. The molecule has 4 rings (SSSR count). The fourth-order valence-corrected chi connectivity index (χ4v) is 4.30. The summed E-state index contributed by atoms with van der Waals surface area (Å²) in [6.45, 7) is 2.47. The Morgan fingerprint density at radius 1 is 1.10 bits per heavy atom. The molecule has 0 aliphatic rings. The molecule has 2 heterocycles. The van der Waals surface area contributed by atoms with Crippen LogP contribution in [0.1, 0.15) is 27.9 Å². The van der Waals surface area contributed by atoms with Gasteiger partial charge in [0.1, 0.15) is 10.7 Å². The van der Waals surface area contributed by atoms with Gasteiger partial charge in [0.05, 0.1) is 10.9 Å². The van der Waals surface area contributed by atoms with Crippen molar-refractivity contribution in [3.63, 3.8) is 0 Å². The lowest BCUT2D eigenvalue weighted by Gasteiger charge is -2.13. The van der Waals surface area contributed by atoms with Gasteiger partial charge in [-0.25, -0.2) is 9.78 Å². The summed E-state index contributed by atoms with van der Waals surface area (Å²) in [4.78, 5) is 30.0. The van der Waals surface area contributed by atoms with Crippen LogP contribution in [0.4, 0.5) is 0 Å². The van der Waals surface area contributed by atoms with Crippen LogP contribution < -0.4 is 5.56 Å². The third-order valence-electron chi connectivity index (χ3n) is 4.92. The number of carbonyl (C=O) groups is 1. The minimum absolute atomic E-state index is 0.0229. The number of hydrogen-bond donors (Lipinski definition) is 1. The minimum Gasteiger partial charge on any atom is -0.478 e. The van der Waals surface area contributed by atoms with Crippen molar-refractivity contribution in [3.8, 4) is 11.4 Å². The zero-order valence-electron chi connectivity index (χ0n) is 16.0. The second-order valence-electron chi connectivity index (χ2n) is 6.98. The largest absolute Gasteiger partial charge is 0.478 e. The SMILES string of the molecule is Cc1ccc(-c2nc3scc(C(=O)O)c3c(=O)n2CCCc2ccccc2)cc1. The highest BCUT2D eigenvalue weighted by Crippen LogP contribution is 2.26. The van der Waals surface area contributed by atoms with E-state index in [1.165, 1.54) is 22.3 Å². The number of fused-ring (bicyclic) bond motifs is 1. The van der Waals surface area contributed by atoms with Crippen LogP contribution in [0.25, 0.3) is 21.6 Å². The molecule has 0 atom stereocenters. The number of aromatic carboxylic acids is 1. The summed E-state index contributed by atoms with van der Waals surface area (Å²) in [5.41, 5.74) is 2.90. The van der Waals surface area contributed by atoms with Crippen molar-refractivity contribution in [2.45, 2.75) is 26.3 Å². The standard InChI is InChI=1S/C23H20N2O3S/c1-15-9-11-17(12-10-15)20-24-21-19(18(14-29-21)23(27)28)22(26)25(20)13-5-8-16-6-3-2-4-7-16/h2-4,6-7,9-12,14H,5,8,13H2,1H3,(H,27,28). The minimum atomic E-state index is -1.10. The maximum atomic E-state index is 13.3. The molecule has 0 amide bonds. The van der Waals surface area contributed by atoms with E-state index in [9.17, 15) is 14.7 Å². The maximum absolute atomic E-state index is 13.3. The molecule has 0 bridgehead atoms. The zero-order valence-corrected chi connectivity index (χ0v) is 16.8. The van der Waals surface area contributed by atoms with Crippen molar-refractivity contribution >= 4 is 27.5 Å². The molecule has 146 valence electrons. The Bertz CT molecular complexity index is 1220. The smallest absolute Gasteiger partial charge is 0.337 e. The van der Waals surface area contributed by atoms with Gasteiger partial charge >= 0.3 is 5.97 Å². The van der Waals surface area contributed by atoms with E-state index in [0.29, 0.717) is 17.2 Å². The van der Waals surface area contributed by atoms with E-state index in [-0.39, 0.29) is 16.5 Å². The average Bonchev–Trinajstić information content (AvgIpc) is 3.16. The molecule has 0 saturated heterocycles. The molecule has 4 aromatic rings. The van der Waals surface area contributed by atoms with Crippen molar-refractivity contribution in [2.24, 2.45) is 0 Å². The second kappa shape index (κ2) is 8.01. The van der Waals surface area contributed by atoms with Crippen LogP contribution in [0.2, 0.25) is 0 Å². The lowest BCUT2D eigenvalue weighted by atomic mass is 10.1. The number of nitrogens with zero attached hydrogens (tertiary/aromatic N) is 2. The third kappa shape index (κ3) is 3.84. The molecule has 0 spiro atoms. The summed E-state index contributed by atoms with van der Waals surface area (Å²) in [6.07, 6.45) is 1.58. The van der Waals surface area contributed by atoms with E-state index in [0.717, 1.165) is 24.0 Å². The molecule has 0 aliphatic heterocycles. The number of aromatic nitrogens is 2. The topological polar surface area (TPSA) is 72.2 Å². The Kier molecular flexibility index (Phi) is 5.27. The molecule has 0 fully saturated rings. The third-order valence-corrected chi connectivity index (χ3v) is 5.80. The Morgan fingerprint density at radius 3 is 2.52 bits per heavy atom. The van der Waals surface area contributed by atoms with Gasteiger partial charge in [0.15, 0.2) is 0 Å². The van der Waals surface area contributed by atoms with Gasteiger partial charge in [-0.3, -0.25) is 9.36 Å². The van der Waals surface area contributed by atoms with Crippen molar-refractivity contribution in [2.75, 3.05) is 0 Å². The first-order chi connectivity index (χ1) is 14.0. The van der Waals surface area contributed by atoms with Crippen LogP contribution in [0.3, 0.4) is 0 Å². The number of benzene rings is 2. The van der Waals surface area contributed by atoms with Gasteiger partial charge in [0, 0.05) is 17.5 Å². The first-order valence-electron chi connectivity index (χ1n) is 9.41. The lowest BCUT2D eigenvalue weighted by Crippen LogP contribution is -2.24. The summed E-state index contributed by atoms with van der Waals surface area (Å²) < 4.78 is 1.62. The highest BCUT2D eigenvalue weighted by molar-refractivity contribution is 7.17. The molecule has 0 radical (unpaired) electrons. The Labute approximate surface area is 171 Å². The van der Waals surface area contributed by atoms with Crippen LogP contribution in [0.5, 0.6) is 0 Å². The van der Waals surface area contributed by atoms with Crippen molar-refractivity contribution in [1.82, 2.24) is 9.55 Å². The average molecular weight is 404 g/mol. The number of carboxylic acid groups (broad SMARTS) is 1. The van der Waals surface area contributed by atoms with E-state index in [1.54, 1.807) is 4.57 Å². The van der Waals surface area contributed by atoms with Gasteiger partial charge in [-0.1, -0.05) is 60.2 Å². The fourth-order valence-electron chi connectivity index (χ4n) is 3.40. The van der Waals surface area contributed by atoms with E-state index in [2.05, 4.69) is 17.1 Å². The predicted octanol–water partition coefficient (Wildman–Crippen LogP) is 4.76. The summed E-state index contributed by atoms with van der Waals surface area (Å²) in [6, 6.07) is 18.0. The van der Waals surface area contributed by atoms with Crippen LogP contribution in [0.15, 0.2) is 64.8 Å². The molecule has 6 heteroatoms. The van der Waals surface area contributed by atoms with E-state index >= 15 is 0 Å². The van der Waals surface area contributed by atoms with Gasteiger partial charge in [-0.2, -0.15) is 0 Å². The van der Waals surface area contributed by atoms with Crippen LogP contribution in [-0.4, -0.2) is 20.6 Å². The number of aryl methyl sites for hydroxylation is 2. The van der Waals surface area contributed by atoms with Gasteiger partial charge in [0.25, 0.3) is 5.56 Å². The Hall–Kier alpha value is -3.25. The number of carboxylic acids is 1. The number of thiophene rings is 1. The molecular formula is C23H20N2O3S. The van der Waals surface area contributed by atoms with Crippen LogP contribution in [-0.2, 0) is 13.0 Å². The molecular weight excluding hydrogens is 384 g/mol. The summed E-state index contributed by atoms with van der Waals surface area (Å²) >= 11 is 1.19. The zero-order chi connectivity index (χ0) is 20.4. The first-order valence-corrected chi connectivity index (χ1v) is 10.3. The highest BCUT2D eigenvalue weighted by Gasteiger charge is 2.20. The van der Waals surface area contributed by atoms with Crippen LogP contribution in [0, 0.1) is 6.92 Å². The predicted molar refractivity (Wildman–Crippen MR) is 116 cm³/mol. The Morgan fingerprint density at radius 2 is 1.83 bits per heavy atom. The molecule has 29 heavy (non-hydrogen) atoms. The van der Waals surface area contributed by atoms with Crippen molar-refractivity contribution in [1.29, 1.82) is 0 Å². The number of hydrogen-bond acceptors (Lipinski definition) is 4. The molecule has 0 unspecified atom stereocenters. The van der Waals surface area contributed by atoms with Crippen LogP contribution >= 0.6 is 11.3 Å². The lowest BCUT2D eigenvalue weighted by molar-refractivity contribution is 0.0699. The van der Waals surface area contributed by atoms with E-state index < -0.39 is 5.97 Å². The van der Waals surface area contributed by atoms with Gasteiger partial charge in [0.2, 0.25) is 0 Å². The Balaban J connectivity index is 1.79. The fraction of sp³-hybridized carbons (Fsp3) is 0.174. The van der Waals surface area contributed by atoms with Crippen molar-refractivity contribution < 1.29 is 9.90 Å². The first kappa shape index (κ1) is 19.1. The maximum Gasteiger partial charge on any atom is 0.337 e. The van der Waals surface area contributed by atoms with Gasteiger partial charge in [-0.15, -0.1) is 11.3 Å². The van der Waals surface area contributed by atoms with E-state index in [1.807, 2.05) is 49.4 Å². The molecule has 2 aromatic carbocycles. The van der Waals surface area contributed by atoms with E-state index in [4.69, 9.17) is 0 Å². The molecule has 5 nitrogen and oxygen atoms in total. The molecule has 0 aliphatic carbocycles. The second-order valence-corrected chi connectivity index (χ2v) is 7.84. The molecule has 1 N–H and O–H groups in total. The summed E-state index contributed by atoms with van der Waals surface area (Å²) in [5, 5.41) is 11.1. The monoisotopic (exact) mass is 404 g/mol. The normalized spacial score (nSPS) is 11.1. The number of rotatable bonds is 6. The van der Waals surface area contributed by atoms with Gasteiger partial charge < -0.3 is 5.11 Å². The van der Waals surface area contributed by atoms with Crippen molar-refractivity contribution in [3.05, 3.63) is 87.0 Å². The van der Waals surface area contributed by atoms with Gasteiger partial charge in [-0.05, 0) is 25.3 Å². The highest BCUT2D eigenvalue weighted by atomic mass is 32.1. The molecule has 2 aromatic heterocycles. The summed E-state index contributed by atoms with van der Waals surface area (Å²) in [5.74, 6) is -0.525. The quantitative estimate of drug-likeness (QED) is 0.503. The molecule has 0 saturated carbocycles.